The van der Waals surface area contributed by atoms with Gasteiger partial charge >= 0.3 is 0 Å². The second-order valence-corrected chi connectivity index (χ2v) is 3.72. The molecule has 0 heterocycles. The van der Waals surface area contributed by atoms with E-state index in [-0.39, 0.29) is 11.5 Å². The van der Waals surface area contributed by atoms with Gasteiger partial charge in [0.2, 0.25) is 0 Å². The Morgan fingerprint density at radius 3 is 2.45 bits per heavy atom. The molecule has 1 aliphatic carbocycles. The zero-order valence-corrected chi connectivity index (χ0v) is 7.34. The molecule has 0 aromatic heterocycles. The summed E-state index contributed by atoms with van der Waals surface area (Å²) < 4.78 is 0. The van der Waals surface area contributed by atoms with Crippen molar-refractivity contribution in [1.29, 1.82) is 0 Å². The number of hydrogen-bond donors (Lipinski definition) is 2. The highest BCUT2D eigenvalue weighted by molar-refractivity contribution is 4.94. The Morgan fingerprint density at radius 2 is 2.18 bits per heavy atom. The molecule has 3 N–H and O–H groups in total. The van der Waals surface area contributed by atoms with Gasteiger partial charge in [-0.25, -0.2) is 0 Å². The number of nitrogens with two attached hydrogens (primary N) is 1. The van der Waals surface area contributed by atoms with Crippen molar-refractivity contribution in [2.24, 2.45) is 11.1 Å². The average Bonchev–Trinajstić information content (AvgIpc) is 1.87. The predicted molar refractivity (Wildman–Crippen MR) is 46.3 cm³/mol. The third-order valence-electron chi connectivity index (χ3n) is 3.02. The minimum Gasteiger partial charge on any atom is -0.393 e. The molecule has 1 fully saturated rings. The smallest absolute Gasteiger partial charge is 0.0608 e. The molecule has 66 valence electrons. The SMILES string of the molecule is CCCC(O)C1(CN)CCC1. The van der Waals surface area contributed by atoms with Crippen LogP contribution in [0.4, 0.5) is 0 Å². The van der Waals surface area contributed by atoms with Crippen molar-refractivity contribution in [2.45, 2.75) is 45.1 Å². The summed E-state index contributed by atoms with van der Waals surface area (Å²) in [7, 11) is 0. The van der Waals surface area contributed by atoms with Gasteiger partial charge in [0.15, 0.2) is 0 Å². The van der Waals surface area contributed by atoms with Crippen LogP contribution in [0.5, 0.6) is 0 Å². The van der Waals surface area contributed by atoms with Crippen LogP contribution < -0.4 is 5.73 Å². The summed E-state index contributed by atoms with van der Waals surface area (Å²) >= 11 is 0. The van der Waals surface area contributed by atoms with Crippen LogP contribution in [0.25, 0.3) is 0 Å². The van der Waals surface area contributed by atoms with Gasteiger partial charge in [-0.05, 0) is 19.3 Å². The summed E-state index contributed by atoms with van der Waals surface area (Å²) in [5, 5.41) is 9.74. The summed E-state index contributed by atoms with van der Waals surface area (Å²) in [5.41, 5.74) is 5.75. The standard InChI is InChI=1S/C9H19NO/c1-2-4-8(11)9(7-10)5-3-6-9/h8,11H,2-7,10H2,1H3. The van der Waals surface area contributed by atoms with E-state index < -0.39 is 0 Å². The van der Waals surface area contributed by atoms with Crippen molar-refractivity contribution >= 4 is 0 Å². The number of aliphatic hydroxyl groups is 1. The van der Waals surface area contributed by atoms with Gasteiger partial charge in [-0.15, -0.1) is 0 Å². The maximum Gasteiger partial charge on any atom is 0.0608 e. The zero-order valence-electron chi connectivity index (χ0n) is 7.34. The Hall–Kier alpha value is -0.0800. The highest BCUT2D eigenvalue weighted by atomic mass is 16.3. The monoisotopic (exact) mass is 157 g/mol. The van der Waals surface area contributed by atoms with E-state index in [2.05, 4.69) is 6.92 Å². The molecule has 0 bridgehead atoms. The Balaban J connectivity index is 2.40. The van der Waals surface area contributed by atoms with Crippen LogP contribution in [0, 0.1) is 5.41 Å². The third-order valence-corrected chi connectivity index (χ3v) is 3.02. The molecule has 0 aliphatic heterocycles. The summed E-state index contributed by atoms with van der Waals surface area (Å²) in [6.45, 7) is 2.76. The number of aliphatic hydroxyl groups excluding tert-OH is 1. The van der Waals surface area contributed by atoms with Crippen molar-refractivity contribution in [1.82, 2.24) is 0 Å². The number of rotatable bonds is 4. The maximum absolute atomic E-state index is 9.74. The van der Waals surface area contributed by atoms with E-state index in [1.807, 2.05) is 0 Å². The second kappa shape index (κ2) is 3.55. The summed E-state index contributed by atoms with van der Waals surface area (Å²) in [5.74, 6) is 0. The van der Waals surface area contributed by atoms with Gasteiger partial charge in [0.25, 0.3) is 0 Å². The van der Waals surface area contributed by atoms with Gasteiger partial charge in [0.1, 0.15) is 0 Å². The highest BCUT2D eigenvalue weighted by Gasteiger charge is 2.41. The van der Waals surface area contributed by atoms with E-state index in [1.165, 1.54) is 6.42 Å². The van der Waals surface area contributed by atoms with E-state index in [9.17, 15) is 5.11 Å². The molecule has 0 aromatic rings. The van der Waals surface area contributed by atoms with E-state index in [4.69, 9.17) is 5.73 Å². The first-order valence-corrected chi connectivity index (χ1v) is 4.63. The Bertz CT molecular complexity index is 115. The van der Waals surface area contributed by atoms with Crippen molar-refractivity contribution in [3.63, 3.8) is 0 Å². The topological polar surface area (TPSA) is 46.2 Å². The van der Waals surface area contributed by atoms with Crippen LogP contribution in [0.2, 0.25) is 0 Å². The summed E-state index contributed by atoms with van der Waals surface area (Å²) in [6, 6.07) is 0. The van der Waals surface area contributed by atoms with E-state index in [0.717, 1.165) is 25.7 Å². The lowest BCUT2D eigenvalue weighted by Crippen LogP contribution is -2.47. The first-order valence-electron chi connectivity index (χ1n) is 4.63. The van der Waals surface area contributed by atoms with Gasteiger partial charge in [-0.3, -0.25) is 0 Å². The van der Waals surface area contributed by atoms with E-state index in [1.54, 1.807) is 0 Å². The van der Waals surface area contributed by atoms with Crippen molar-refractivity contribution in [3.05, 3.63) is 0 Å². The first-order chi connectivity index (χ1) is 5.25. The van der Waals surface area contributed by atoms with Crippen LogP contribution in [0.3, 0.4) is 0 Å². The molecule has 0 spiro atoms. The molecule has 1 atom stereocenters. The predicted octanol–water partition coefficient (Wildman–Crippen LogP) is 1.28. The lowest BCUT2D eigenvalue weighted by atomic mass is 9.64. The Labute approximate surface area is 68.8 Å². The molecule has 0 radical (unpaired) electrons. The fourth-order valence-electron chi connectivity index (χ4n) is 1.88. The lowest BCUT2D eigenvalue weighted by molar-refractivity contribution is -0.0323. The quantitative estimate of drug-likeness (QED) is 0.645. The minimum absolute atomic E-state index is 0.107. The van der Waals surface area contributed by atoms with Crippen molar-refractivity contribution < 1.29 is 5.11 Å². The molecular weight excluding hydrogens is 138 g/mol. The average molecular weight is 157 g/mol. The van der Waals surface area contributed by atoms with Gasteiger partial charge in [-0.1, -0.05) is 19.8 Å². The summed E-state index contributed by atoms with van der Waals surface area (Å²) in [6.07, 6.45) is 5.33. The molecule has 0 amide bonds. The van der Waals surface area contributed by atoms with Crippen LogP contribution in [-0.2, 0) is 0 Å². The second-order valence-electron chi connectivity index (χ2n) is 3.72. The Kier molecular flexibility index (Phi) is 2.90. The van der Waals surface area contributed by atoms with Crippen LogP contribution >= 0.6 is 0 Å². The summed E-state index contributed by atoms with van der Waals surface area (Å²) in [4.78, 5) is 0. The molecule has 11 heavy (non-hydrogen) atoms. The normalized spacial score (nSPS) is 24.3. The molecular formula is C9H19NO. The van der Waals surface area contributed by atoms with Gasteiger partial charge < -0.3 is 10.8 Å². The van der Waals surface area contributed by atoms with Gasteiger partial charge in [0.05, 0.1) is 6.10 Å². The largest absolute Gasteiger partial charge is 0.393 e. The van der Waals surface area contributed by atoms with Crippen molar-refractivity contribution in [3.8, 4) is 0 Å². The lowest BCUT2D eigenvalue weighted by Gasteiger charge is -2.44. The molecule has 1 unspecified atom stereocenters. The molecule has 1 saturated carbocycles. The number of hydrogen-bond acceptors (Lipinski definition) is 2. The van der Waals surface area contributed by atoms with Gasteiger partial charge in [0, 0.05) is 12.0 Å². The first kappa shape index (κ1) is 9.01. The molecule has 2 heteroatoms. The zero-order chi connectivity index (χ0) is 8.32. The van der Waals surface area contributed by atoms with Gasteiger partial charge in [-0.2, -0.15) is 0 Å². The van der Waals surface area contributed by atoms with Crippen LogP contribution in [0.15, 0.2) is 0 Å². The fourth-order valence-corrected chi connectivity index (χ4v) is 1.88. The fraction of sp³-hybridized carbons (Fsp3) is 1.00. The van der Waals surface area contributed by atoms with Crippen molar-refractivity contribution in [2.75, 3.05) is 6.54 Å². The molecule has 0 aromatic carbocycles. The highest BCUT2D eigenvalue weighted by Crippen LogP contribution is 2.44. The van der Waals surface area contributed by atoms with E-state index >= 15 is 0 Å². The Morgan fingerprint density at radius 1 is 1.55 bits per heavy atom. The van der Waals surface area contributed by atoms with Crippen LogP contribution in [-0.4, -0.2) is 17.8 Å². The van der Waals surface area contributed by atoms with E-state index in [0.29, 0.717) is 6.54 Å². The maximum atomic E-state index is 9.74. The third kappa shape index (κ3) is 1.57. The van der Waals surface area contributed by atoms with Crippen LogP contribution in [0.1, 0.15) is 39.0 Å². The minimum atomic E-state index is -0.147. The molecule has 1 aliphatic rings. The molecule has 1 rings (SSSR count). The molecule has 2 nitrogen and oxygen atoms in total. The molecule has 0 saturated heterocycles.